The van der Waals surface area contributed by atoms with Gasteiger partial charge in [0.05, 0.1) is 20.3 Å². The molecule has 0 spiro atoms. The van der Waals surface area contributed by atoms with Crippen molar-refractivity contribution < 1.29 is 29.9 Å². The number of benzene rings is 1. The molecule has 6 heteroatoms. The lowest BCUT2D eigenvalue weighted by Crippen LogP contribution is -2.22. The van der Waals surface area contributed by atoms with E-state index >= 15 is 0 Å². The van der Waals surface area contributed by atoms with Gasteiger partial charge in [0.15, 0.2) is 0 Å². The number of rotatable bonds is 1. The van der Waals surface area contributed by atoms with Crippen molar-refractivity contribution in [1.82, 2.24) is 0 Å². The van der Waals surface area contributed by atoms with Crippen LogP contribution in [-0.2, 0) is 4.74 Å². The van der Waals surface area contributed by atoms with Gasteiger partial charge in [-0.25, -0.2) is 0 Å². The van der Waals surface area contributed by atoms with E-state index in [2.05, 4.69) is 4.74 Å². The topological polar surface area (TPSA) is 99.4 Å². The maximum Gasteiger partial charge on any atom is 0.119 e. The summed E-state index contributed by atoms with van der Waals surface area (Å²) in [5, 5.41) is 33.0. The first kappa shape index (κ1) is 16.7. The van der Waals surface area contributed by atoms with Crippen LogP contribution in [0, 0.1) is 0 Å². The van der Waals surface area contributed by atoms with Crippen molar-refractivity contribution in [2.45, 2.75) is 12.2 Å². The van der Waals surface area contributed by atoms with Crippen LogP contribution in [0.15, 0.2) is 24.3 Å². The molecule has 0 aliphatic carbocycles. The first-order valence-corrected chi connectivity index (χ1v) is 5.35. The largest absolute Gasteiger partial charge is 0.508 e. The number of aromatic hydroxyl groups is 1. The third-order valence-electron chi connectivity index (χ3n) is 2.09. The predicted octanol–water partition coefficient (Wildman–Crippen LogP) is -0.252. The molecule has 1 saturated heterocycles. The van der Waals surface area contributed by atoms with Gasteiger partial charge in [-0.3, -0.25) is 0 Å². The summed E-state index contributed by atoms with van der Waals surface area (Å²) >= 11 is 0. The zero-order chi connectivity index (χ0) is 14.0. The fourth-order valence-electron chi connectivity index (χ4n) is 1.11. The van der Waals surface area contributed by atoms with Crippen LogP contribution < -0.4 is 4.74 Å². The predicted molar refractivity (Wildman–Crippen MR) is 65.6 cm³/mol. The van der Waals surface area contributed by atoms with Gasteiger partial charge < -0.3 is 29.9 Å². The summed E-state index contributed by atoms with van der Waals surface area (Å²) in [6.45, 7) is 0.558. The smallest absolute Gasteiger partial charge is 0.119 e. The van der Waals surface area contributed by atoms with Crippen LogP contribution in [0.25, 0.3) is 0 Å². The number of phenols is 1. The van der Waals surface area contributed by atoms with E-state index in [1.807, 2.05) is 0 Å². The summed E-state index contributed by atoms with van der Waals surface area (Å²) < 4.78 is 9.53. The second-order valence-corrected chi connectivity index (χ2v) is 3.37. The highest BCUT2D eigenvalue weighted by Gasteiger charge is 2.22. The SMILES string of the molecule is CO.COc1ccc(O)cc1.OC1COCC1O. The van der Waals surface area contributed by atoms with Crippen LogP contribution in [0.3, 0.4) is 0 Å². The minimum Gasteiger partial charge on any atom is -0.508 e. The molecule has 104 valence electrons. The number of aliphatic hydroxyl groups excluding tert-OH is 3. The number of hydrogen-bond donors (Lipinski definition) is 4. The van der Waals surface area contributed by atoms with E-state index in [1.165, 1.54) is 0 Å². The Labute approximate surface area is 106 Å². The molecule has 18 heavy (non-hydrogen) atoms. The summed E-state index contributed by atoms with van der Waals surface area (Å²) in [7, 11) is 2.59. The van der Waals surface area contributed by atoms with Crippen LogP contribution in [0.2, 0.25) is 0 Å². The first-order valence-electron chi connectivity index (χ1n) is 5.35. The van der Waals surface area contributed by atoms with Crippen molar-refractivity contribution in [3.8, 4) is 11.5 Å². The Morgan fingerprint density at radius 1 is 1.06 bits per heavy atom. The van der Waals surface area contributed by atoms with E-state index in [1.54, 1.807) is 31.4 Å². The fraction of sp³-hybridized carbons (Fsp3) is 0.500. The molecular weight excluding hydrogens is 240 g/mol. The highest BCUT2D eigenvalue weighted by atomic mass is 16.5. The molecule has 4 N–H and O–H groups in total. The van der Waals surface area contributed by atoms with Crippen LogP contribution in [0.5, 0.6) is 11.5 Å². The van der Waals surface area contributed by atoms with Crippen molar-refractivity contribution in [3.05, 3.63) is 24.3 Å². The molecular formula is C12H20O6. The molecule has 0 amide bonds. The summed E-state index contributed by atoms with van der Waals surface area (Å²) in [4.78, 5) is 0. The zero-order valence-corrected chi connectivity index (χ0v) is 10.5. The molecule has 0 bridgehead atoms. The van der Waals surface area contributed by atoms with Crippen LogP contribution in [-0.4, -0.2) is 60.1 Å². The number of aliphatic hydroxyl groups is 3. The Morgan fingerprint density at radius 3 is 1.78 bits per heavy atom. The van der Waals surface area contributed by atoms with Crippen LogP contribution in [0.1, 0.15) is 0 Å². The Hall–Kier alpha value is -1.34. The maximum absolute atomic E-state index is 8.80. The number of phenolic OH excluding ortho intramolecular Hbond substituents is 1. The molecule has 1 fully saturated rings. The molecule has 2 rings (SSSR count). The lowest BCUT2D eigenvalue weighted by atomic mass is 10.3. The highest BCUT2D eigenvalue weighted by molar-refractivity contribution is 5.29. The average molecular weight is 260 g/mol. The molecule has 1 aliphatic rings. The number of ether oxygens (including phenoxy) is 2. The van der Waals surface area contributed by atoms with E-state index in [-0.39, 0.29) is 19.0 Å². The van der Waals surface area contributed by atoms with E-state index < -0.39 is 12.2 Å². The van der Waals surface area contributed by atoms with Crippen molar-refractivity contribution in [2.24, 2.45) is 0 Å². The van der Waals surface area contributed by atoms with E-state index in [0.29, 0.717) is 0 Å². The Bertz CT molecular complexity index is 292. The lowest BCUT2D eigenvalue weighted by Gasteiger charge is -2.00. The van der Waals surface area contributed by atoms with Gasteiger partial charge in [-0.05, 0) is 24.3 Å². The van der Waals surface area contributed by atoms with E-state index in [4.69, 9.17) is 25.2 Å². The Kier molecular flexibility index (Phi) is 8.95. The monoisotopic (exact) mass is 260 g/mol. The molecule has 6 nitrogen and oxygen atoms in total. The summed E-state index contributed by atoms with van der Waals surface area (Å²) in [5.41, 5.74) is 0. The van der Waals surface area contributed by atoms with Gasteiger partial charge in [0.2, 0.25) is 0 Å². The van der Waals surface area contributed by atoms with E-state index in [9.17, 15) is 0 Å². The normalized spacial score (nSPS) is 21.2. The first-order chi connectivity index (χ1) is 8.63. The van der Waals surface area contributed by atoms with Gasteiger partial charge in [-0.1, -0.05) is 0 Å². The number of methoxy groups -OCH3 is 1. The summed E-state index contributed by atoms with van der Waals surface area (Å²) in [6, 6.07) is 6.57. The lowest BCUT2D eigenvalue weighted by molar-refractivity contribution is 0.0572. The molecule has 1 heterocycles. The molecule has 1 aliphatic heterocycles. The van der Waals surface area contributed by atoms with Crippen LogP contribution in [0.4, 0.5) is 0 Å². The zero-order valence-electron chi connectivity index (χ0n) is 10.5. The van der Waals surface area contributed by atoms with Gasteiger partial charge >= 0.3 is 0 Å². The Morgan fingerprint density at radius 2 is 1.50 bits per heavy atom. The fourth-order valence-corrected chi connectivity index (χ4v) is 1.11. The van der Waals surface area contributed by atoms with Crippen molar-refractivity contribution in [3.63, 3.8) is 0 Å². The van der Waals surface area contributed by atoms with E-state index in [0.717, 1.165) is 12.9 Å². The molecule has 0 saturated carbocycles. The third kappa shape index (κ3) is 6.41. The molecule has 1 aromatic rings. The third-order valence-corrected chi connectivity index (χ3v) is 2.09. The maximum atomic E-state index is 8.80. The van der Waals surface area contributed by atoms with Gasteiger partial charge in [-0.2, -0.15) is 0 Å². The van der Waals surface area contributed by atoms with Gasteiger partial charge in [0, 0.05) is 7.11 Å². The summed E-state index contributed by atoms with van der Waals surface area (Å²) in [6.07, 6.45) is -1.31. The minimum atomic E-state index is -0.653. The summed E-state index contributed by atoms with van der Waals surface area (Å²) in [5.74, 6) is 1.02. The molecule has 0 aromatic heterocycles. The Balaban J connectivity index is 0.000000289. The molecule has 0 radical (unpaired) electrons. The van der Waals surface area contributed by atoms with Crippen molar-refractivity contribution >= 4 is 0 Å². The average Bonchev–Trinajstić information content (AvgIpc) is 2.78. The molecule has 2 atom stereocenters. The quantitative estimate of drug-likeness (QED) is 0.555. The van der Waals surface area contributed by atoms with Gasteiger partial charge in [0.25, 0.3) is 0 Å². The molecule has 2 unspecified atom stereocenters. The van der Waals surface area contributed by atoms with Crippen molar-refractivity contribution in [1.29, 1.82) is 0 Å². The minimum absolute atomic E-state index is 0.260. The van der Waals surface area contributed by atoms with Gasteiger partial charge in [0.1, 0.15) is 23.7 Å². The van der Waals surface area contributed by atoms with Gasteiger partial charge in [-0.15, -0.1) is 0 Å². The molecule has 1 aromatic carbocycles. The second kappa shape index (κ2) is 9.67. The van der Waals surface area contributed by atoms with Crippen LogP contribution >= 0.6 is 0 Å². The second-order valence-electron chi connectivity index (χ2n) is 3.37. The standard InChI is InChI=1S/C7H8O2.C4H8O3.CH4O/c1-9-7-4-2-6(8)3-5-7;5-3-1-7-2-4(3)6;1-2/h2-5,8H,1H3;3-6H,1-2H2;2H,1H3. The number of hydrogen-bond acceptors (Lipinski definition) is 6. The highest BCUT2D eigenvalue weighted by Crippen LogP contribution is 2.14. The van der Waals surface area contributed by atoms with Crippen molar-refractivity contribution in [2.75, 3.05) is 27.4 Å².